The van der Waals surface area contributed by atoms with Crippen LogP contribution in [0.1, 0.15) is 85.5 Å². The number of allylic oxidation sites excluding steroid dienone is 1. The Morgan fingerprint density at radius 1 is 0.821 bits per heavy atom. The van der Waals surface area contributed by atoms with E-state index in [9.17, 15) is 4.79 Å². The molecule has 2 aromatic rings. The topological polar surface area (TPSA) is 61.1 Å². The molecule has 0 saturated carbocycles. The van der Waals surface area contributed by atoms with Crippen molar-refractivity contribution in [3.8, 4) is 5.75 Å². The molecule has 39 heavy (non-hydrogen) atoms. The predicted octanol–water partition coefficient (Wildman–Crippen LogP) is 4.96. The zero-order chi connectivity index (χ0) is 27.9. The summed E-state index contributed by atoms with van der Waals surface area (Å²) >= 11 is 0. The lowest BCUT2D eigenvalue weighted by atomic mass is 10.2. The zero-order valence-corrected chi connectivity index (χ0v) is 24.8. The number of hydrogen-bond acceptors (Lipinski definition) is 6. The molecular weight excluding hydrogens is 490 g/mol. The van der Waals surface area contributed by atoms with Crippen LogP contribution in [0.2, 0.25) is 0 Å². The first-order valence-electron chi connectivity index (χ1n) is 15.3. The number of hydrogen-bond donors (Lipinski definition) is 0. The van der Waals surface area contributed by atoms with Crippen molar-refractivity contribution in [1.29, 1.82) is 0 Å². The largest absolute Gasteiger partial charge is 0.493 e. The number of fused-ring (bicyclic) bond motifs is 2. The van der Waals surface area contributed by atoms with Gasteiger partial charge in [0.25, 0.3) is 11.3 Å². The van der Waals surface area contributed by atoms with Gasteiger partial charge in [-0.2, -0.15) is 0 Å². The summed E-state index contributed by atoms with van der Waals surface area (Å²) in [6.45, 7) is 17.0. The highest BCUT2D eigenvalue weighted by molar-refractivity contribution is 5.77. The van der Waals surface area contributed by atoms with Crippen molar-refractivity contribution in [2.45, 2.75) is 85.5 Å². The minimum absolute atomic E-state index is 0.0595. The average Bonchev–Trinajstić information content (AvgIpc) is 2.96. The van der Waals surface area contributed by atoms with Gasteiger partial charge in [0, 0.05) is 18.6 Å². The van der Waals surface area contributed by atoms with E-state index in [0.717, 1.165) is 57.6 Å². The first-order chi connectivity index (χ1) is 19.1. The third kappa shape index (κ3) is 9.82. The van der Waals surface area contributed by atoms with Gasteiger partial charge in [0.15, 0.2) is 0 Å². The number of rotatable bonds is 20. The van der Waals surface area contributed by atoms with Gasteiger partial charge in [0.2, 0.25) is 11.3 Å². The summed E-state index contributed by atoms with van der Waals surface area (Å²) in [5.74, 6) is 4.55. The van der Waals surface area contributed by atoms with Gasteiger partial charge in [-0.05, 0) is 77.1 Å². The Bertz CT molecular complexity index is 1220. The summed E-state index contributed by atoms with van der Waals surface area (Å²) in [5, 5.41) is 1.04. The van der Waals surface area contributed by atoms with E-state index in [0.29, 0.717) is 41.7 Å². The first kappa shape index (κ1) is 30.9. The van der Waals surface area contributed by atoms with Gasteiger partial charge in [-0.3, -0.25) is 4.79 Å². The molecule has 1 aliphatic rings. The lowest BCUT2D eigenvalue weighted by molar-refractivity contribution is -0.721. The molecule has 0 unspecified atom stereocenters. The summed E-state index contributed by atoms with van der Waals surface area (Å²) in [6.07, 6.45) is 11.6. The summed E-state index contributed by atoms with van der Waals surface area (Å²) < 4.78 is 19.4. The standard InChI is InChI=1S/C32H50N3O4/c1-5-33(6-2)21-13-9-11-15-23-37-27-17-19-29-31(25-27)39-35-26-28(18-20-30(35)32(29)36)38-24-16-12-10-14-22-34(7-3)8-4/h17,19-20,25H,5-16,18,21-24H2,1-4H3/q+1. The van der Waals surface area contributed by atoms with Crippen LogP contribution in [0.25, 0.3) is 17.0 Å². The molecule has 2 heterocycles. The molecule has 0 fully saturated rings. The van der Waals surface area contributed by atoms with E-state index in [-0.39, 0.29) is 5.43 Å². The van der Waals surface area contributed by atoms with E-state index >= 15 is 0 Å². The fourth-order valence-corrected chi connectivity index (χ4v) is 4.98. The van der Waals surface area contributed by atoms with Gasteiger partial charge in [-0.15, -0.1) is 0 Å². The van der Waals surface area contributed by atoms with E-state index in [1.165, 1.54) is 43.2 Å². The maximum Gasteiger partial charge on any atom is 0.314 e. The van der Waals surface area contributed by atoms with Gasteiger partial charge in [0.1, 0.15) is 5.75 Å². The highest BCUT2D eigenvalue weighted by Crippen LogP contribution is 2.18. The van der Waals surface area contributed by atoms with Crippen molar-refractivity contribution in [3.05, 3.63) is 45.4 Å². The molecule has 216 valence electrons. The smallest absolute Gasteiger partial charge is 0.314 e. The Labute approximate surface area is 234 Å². The van der Waals surface area contributed by atoms with Crippen molar-refractivity contribution in [1.82, 2.24) is 9.80 Å². The third-order valence-corrected chi connectivity index (χ3v) is 7.62. The molecular formula is C32H50N3O4+. The van der Waals surface area contributed by atoms with Crippen molar-refractivity contribution >= 4 is 17.0 Å². The Morgan fingerprint density at radius 3 is 2.03 bits per heavy atom. The van der Waals surface area contributed by atoms with Crippen LogP contribution in [0.3, 0.4) is 0 Å². The number of benzene rings is 1. The highest BCUT2D eigenvalue weighted by Gasteiger charge is 2.17. The summed E-state index contributed by atoms with van der Waals surface area (Å²) in [6, 6.07) is 5.46. The molecule has 7 nitrogen and oxygen atoms in total. The number of aromatic nitrogens is 1. The van der Waals surface area contributed by atoms with Crippen LogP contribution in [-0.2, 0) is 4.74 Å². The van der Waals surface area contributed by atoms with E-state index < -0.39 is 0 Å². The summed E-state index contributed by atoms with van der Waals surface area (Å²) in [4.78, 5) is 18.0. The highest BCUT2D eigenvalue weighted by atomic mass is 16.5. The Kier molecular flexibility index (Phi) is 13.6. The van der Waals surface area contributed by atoms with Gasteiger partial charge >= 0.3 is 5.35 Å². The molecule has 1 aromatic carbocycles. The van der Waals surface area contributed by atoms with E-state index in [4.69, 9.17) is 14.0 Å². The molecule has 0 atom stereocenters. The number of unbranched alkanes of at least 4 members (excludes halogenated alkanes) is 6. The SMILES string of the molecule is CCN(CC)CCCCCCOC1=C=[n+]2oc3cc(OCCCCCCN(CC)CC)ccc3c(=O)c2=CC1. The minimum atomic E-state index is -0.0595. The molecule has 0 aliphatic carbocycles. The number of ether oxygens (including phenoxy) is 2. The molecule has 1 aromatic heterocycles. The molecule has 3 rings (SSSR count). The fraction of sp³-hybridized carbons (Fsp3) is 0.656. The lowest BCUT2D eigenvalue weighted by Crippen LogP contribution is -2.48. The van der Waals surface area contributed by atoms with Gasteiger partial charge < -0.3 is 19.3 Å². The van der Waals surface area contributed by atoms with Crippen molar-refractivity contribution < 1.29 is 18.4 Å². The monoisotopic (exact) mass is 540 g/mol. The Balaban J connectivity index is 1.51. The molecule has 0 radical (unpaired) electrons. The second kappa shape index (κ2) is 17.2. The van der Waals surface area contributed by atoms with E-state index in [2.05, 4.69) is 43.4 Å². The quantitative estimate of drug-likeness (QED) is 0.175. The van der Waals surface area contributed by atoms with Crippen LogP contribution < -0.4 is 19.9 Å². The molecule has 0 amide bonds. The lowest BCUT2D eigenvalue weighted by Gasteiger charge is -2.17. The second-order valence-corrected chi connectivity index (χ2v) is 10.3. The molecule has 0 N–H and O–H groups in total. The summed E-state index contributed by atoms with van der Waals surface area (Å²) in [5.41, 5.74) is 0.437. The molecule has 7 heteroatoms. The average molecular weight is 541 g/mol. The minimum Gasteiger partial charge on any atom is -0.493 e. The van der Waals surface area contributed by atoms with E-state index in [1.54, 1.807) is 12.1 Å². The van der Waals surface area contributed by atoms with E-state index in [1.807, 2.05) is 12.1 Å². The Morgan fingerprint density at radius 2 is 1.41 bits per heavy atom. The maximum atomic E-state index is 13.0. The number of nitrogens with zero attached hydrogens (tertiary/aromatic N) is 3. The van der Waals surface area contributed by atoms with Crippen LogP contribution in [0.5, 0.6) is 5.75 Å². The second-order valence-electron chi connectivity index (χ2n) is 10.3. The molecule has 1 aliphatic heterocycles. The molecule has 0 saturated heterocycles. The van der Waals surface area contributed by atoms with Crippen LogP contribution >= 0.6 is 0 Å². The van der Waals surface area contributed by atoms with Crippen molar-refractivity contribution in [3.63, 3.8) is 0 Å². The van der Waals surface area contributed by atoms with Gasteiger partial charge in [-0.25, -0.2) is 4.52 Å². The van der Waals surface area contributed by atoms with Crippen LogP contribution in [-0.4, -0.2) is 62.3 Å². The zero-order valence-electron chi connectivity index (χ0n) is 24.8. The fourth-order valence-electron chi connectivity index (χ4n) is 4.98. The molecule has 0 bridgehead atoms. The van der Waals surface area contributed by atoms with Crippen LogP contribution in [0, 0.1) is 5.87 Å². The van der Waals surface area contributed by atoms with Crippen molar-refractivity contribution in [2.24, 2.45) is 0 Å². The third-order valence-electron chi connectivity index (χ3n) is 7.62. The van der Waals surface area contributed by atoms with Crippen molar-refractivity contribution in [2.75, 3.05) is 52.5 Å². The Hall–Kier alpha value is -2.60. The van der Waals surface area contributed by atoms with Gasteiger partial charge in [0.05, 0.1) is 23.0 Å². The predicted molar refractivity (Wildman–Crippen MR) is 157 cm³/mol. The maximum absolute atomic E-state index is 13.0. The van der Waals surface area contributed by atoms with Crippen LogP contribution in [0.15, 0.2) is 33.3 Å². The summed E-state index contributed by atoms with van der Waals surface area (Å²) in [7, 11) is 0. The molecule has 0 spiro atoms. The van der Waals surface area contributed by atoms with Crippen LogP contribution in [0.4, 0.5) is 0 Å². The first-order valence-corrected chi connectivity index (χ1v) is 15.3. The normalized spacial score (nSPS) is 12.8. The van der Waals surface area contributed by atoms with Gasteiger partial charge in [-0.1, -0.05) is 53.4 Å².